The average Bonchev–Trinajstić information content (AvgIpc) is 2.72. The number of benzene rings is 3. The number of sulfone groups is 1. The van der Waals surface area contributed by atoms with Crippen LogP contribution in [-0.4, -0.2) is 21.4 Å². The zero-order valence-corrected chi connectivity index (χ0v) is 16.6. The molecule has 0 saturated carbocycles. The summed E-state index contributed by atoms with van der Waals surface area (Å²) in [7, 11) is -2.22. The third-order valence-corrected chi connectivity index (χ3v) is 6.01. The summed E-state index contributed by atoms with van der Waals surface area (Å²) in [6, 6.07) is 19.1. The van der Waals surface area contributed by atoms with Crippen LogP contribution in [0, 0.1) is 5.82 Å². The van der Waals surface area contributed by atoms with Crippen molar-refractivity contribution in [2.45, 2.75) is 17.2 Å². The summed E-state index contributed by atoms with van der Waals surface area (Å²) in [5.41, 5.74) is 1.45. The molecule has 3 aromatic carbocycles. The van der Waals surface area contributed by atoms with Gasteiger partial charge in [0.1, 0.15) is 0 Å². The minimum absolute atomic E-state index is 0.0736. The van der Waals surface area contributed by atoms with E-state index in [1.807, 2.05) is 6.07 Å². The van der Waals surface area contributed by atoms with Crippen LogP contribution in [0.5, 0.6) is 5.75 Å². The molecule has 0 aliphatic rings. The maximum atomic E-state index is 13.8. The summed E-state index contributed by atoms with van der Waals surface area (Å²) in [6.45, 7) is 0.0980. The summed E-state index contributed by atoms with van der Waals surface area (Å²) in [6.07, 6.45) is 0. The van der Waals surface area contributed by atoms with E-state index in [0.717, 1.165) is 0 Å². The van der Waals surface area contributed by atoms with Crippen molar-refractivity contribution in [3.05, 3.63) is 95.3 Å². The van der Waals surface area contributed by atoms with Gasteiger partial charge in [0.05, 0.1) is 17.8 Å². The molecule has 0 aliphatic carbocycles. The second kappa shape index (κ2) is 8.87. The Bertz CT molecular complexity index is 1110. The SMILES string of the molecule is COc1ccc(CNC(=O)c2cccc(S(=O)(=O)Cc3ccccc3)c2)cc1F. The lowest BCUT2D eigenvalue weighted by atomic mass is 10.2. The van der Waals surface area contributed by atoms with Gasteiger partial charge >= 0.3 is 0 Å². The molecule has 0 radical (unpaired) electrons. The zero-order valence-electron chi connectivity index (χ0n) is 15.8. The van der Waals surface area contributed by atoms with Gasteiger partial charge in [-0.15, -0.1) is 0 Å². The molecule has 1 N–H and O–H groups in total. The van der Waals surface area contributed by atoms with E-state index in [0.29, 0.717) is 11.1 Å². The lowest BCUT2D eigenvalue weighted by molar-refractivity contribution is 0.0950. The van der Waals surface area contributed by atoms with Gasteiger partial charge in [0, 0.05) is 12.1 Å². The second-order valence-electron chi connectivity index (χ2n) is 6.42. The highest BCUT2D eigenvalue weighted by atomic mass is 32.2. The van der Waals surface area contributed by atoms with Crippen molar-refractivity contribution in [2.24, 2.45) is 0 Å². The van der Waals surface area contributed by atoms with Crippen LogP contribution in [0.1, 0.15) is 21.5 Å². The normalized spacial score (nSPS) is 11.1. The van der Waals surface area contributed by atoms with Crippen molar-refractivity contribution < 1.29 is 22.3 Å². The predicted octanol–water partition coefficient (Wildman–Crippen LogP) is 3.74. The van der Waals surface area contributed by atoms with Crippen LogP contribution < -0.4 is 10.1 Å². The zero-order chi connectivity index (χ0) is 20.9. The summed E-state index contributed by atoms with van der Waals surface area (Å²) in [5.74, 6) is -0.994. The topological polar surface area (TPSA) is 72.5 Å². The van der Waals surface area contributed by atoms with E-state index < -0.39 is 21.6 Å². The number of rotatable bonds is 7. The molecule has 0 aliphatic heterocycles. The summed E-state index contributed by atoms with van der Waals surface area (Å²) < 4.78 is 44.0. The molecule has 0 spiro atoms. The van der Waals surface area contributed by atoms with E-state index in [-0.39, 0.29) is 28.5 Å². The molecule has 0 heterocycles. The first-order valence-corrected chi connectivity index (χ1v) is 10.5. The van der Waals surface area contributed by atoms with Gasteiger partial charge in [-0.1, -0.05) is 42.5 Å². The quantitative estimate of drug-likeness (QED) is 0.641. The second-order valence-corrected chi connectivity index (χ2v) is 8.41. The number of methoxy groups -OCH3 is 1. The molecule has 7 heteroatoms. The summed E-state index contributed by atoms with van der Waals surface area (Å²) in [4.78, 5) is 12.5. The molecule has 150 valence electrons. The fourth-order valence-corrected chi connectivity index (χ4v) is 4.20. The highest BCUT2D eigenvalue weighted by molar-refractivity contribution is 7.90. The summed E-state index contributed by atoms with van der Waals surface area (Å²) in [5, 5.41) is 2.67. The Balaban J connectivity index is 1.71. The number of hydrogen-bond acceptors (Lipinski definition) is 4. The van der Waals surface area contributed by atoms with E-state index in [2.05, 4.69) is 5.32 Å². The number of hydrogen-bond donors (Lipinski definition) is 1. The Labute approximate surface area is 169 Å². The van der Waals surface area contributed by atoms with E-state index in [9.17, 15) is 17.6 Å². The molecule has 3 rings (SSSR count). The molecule has 5 nitrogen and oxygen atoms in total. The maximum absolute atomic E-state index is 13.8. The average molecular weight is 413 g/mol. The first-order valence-electron chi connectivity index (χ1n) is 8.86. The molecule has 0 fully saturated rings. The molecule has 1 amide bonds. The highest BCUT2D eigenvalue weighted by Crippen LogP contribution is 2.19. The predicted molar refractivity (Wildman–Crippen MR) is 108 cm³/mol. The number of nitrogens with one attached hydrogen (secondary N) is 1. The molecular weight excluding hydrogens is 393 g/mol. The lowest BCUT2D eigenvalue weighted by Crippen LogP contribution is -2.23. The van der Waals surface area contributed by atoms with Crippen LogP contribution in [0.15, 0.2) is 77.7 Å². The number of carbonyl (C=O) groups excluding carboxylic acids is 1. The number of halogens is 1. The molecule has 29 heavy (non-hydrogen) atoms. The molecule has 0 saturated heterocycles. The highest BCUT2D eigenvalue weighted by Gasteiger charge is 2.17. The lowest BCUT2D eigenvalue weighted by Gasteiger charge is -2.09. The third kappa shape index (κ3) is 5.20. The smallest absolute Gasteiger partial charge is 0.251 e. The van der Waals surface area contributed by atoms with Crippen LogP contribution >= 0.6 is 0 Å². The molecule has 0 bridgehead atoms. The van der Waals surface area contributed by atoms with E-state index in [1.54, 1.807) is 30.3 Å². The fourth-order valence-electron chi connectivity index (χ4n) is 2.81. The van der Waals surface area contributed by atoms with Gasteiger partial charge in [0.15, 0.2) is 21.4 Å². The van der Waals surface area contributed by atoms with Gasteiger partial charge in [-0.25, -0.2) is 12.8 Å². The third-order valence-electron chi connectivity index (χ3n) is 4.32. The van der Waals surface area contributed by atoms with Crippen molar-refractivity contribution >= 4 is 15.7 Å². The first kappa shape index (κ1) is 20.5. The van der Waals surface area contributed by atoms with Crippen LogP contribution in [-0.2, 0) is 22.1 Å². The van der Waals surface area contributed by atoms with E-state index in [1.165, 1.54) is 43.5 Å². The first-order chi connectivity index (χ1) is 13.9. The monoisotopic (exact) mass is 413 g/mol. The Morgan fingerprint density at radius 3 is 2.41 bits per heavy atom. The Morgan fingerprint density at radius 2 is 1.72 bits per heavy atom. The minimum Gasteiger partial charge on any atom is -0.494 e. The van der Waals surface area contributed by atoms with Crippen molar-refractivity contribution in [2.75, 3.05) is 7.11 Å². The van der Waals surface area contributed by atoms with E-state index >= 15 is 0 Å². The van der Waals surface area contributed by atoms with Gasteiger partial charge in [0.25, 0.3) is 5.91 Å². The summed E-state index contributed by atoms with van der Waals surface area (Å²) >= 11 is 0. The molecule has 0 unspecified atom stereocenters. The Hall–Kier alpha value is -3.19. The van der Waals surface area contributed by atoms with Gasteiger partial charge in [-0.2, -0.15) is 0 Å². The number of amides is 1. The Morgan fingerprint density at radius 1 is 0.966 bits per heavy atom. The fraction of sp³-hybridized carbons (Fsp3) is 0.136. The standard InChI is InChI=1S/C22H20FNO4S/c1-28-21-11-10-17(12-20(21)23)14-24-22(25)18-8-5-9-19(13-18)29(26,27)15-16-6-3-2-4-7-16/h2-13H,14-15H2,1H3,(H,24,25). The molecule has 0 atom stereocenters. The maximum Gasteiger partial charge on any atom is 0.251 e. The van der Waals surface area contributed by atoms with Crippen molar-refractivity contribution in [1.82, 2.24) is 5.32 Å². The van der Waals surface area contributed by atoms with Gasteiger partial charge in [-0.05, 0) is 41.5 Å². The Kier molecular flexibility index (Phi) is 6.29. The van der Waals surface area contributed by atoms with Crippen molar-refractivity contribution in [1.29, 1.82) is 0 Å². The van der Waals surface area contributed by atoms with Crippen molar-refractivity contribution in [3.63, 3.8) is 0 Å². The number of ether oxygens (including phenoxy) is 1. The molecular formula is C22H20FNO4S. The van der Waals surface area contributed by atoms with Crippen LogP contribution in [0.2, 0.25) is 0 Å². The van der Waals surface area contributed by atoms with Crippen LogP contribution in [0.25, 0.3) is 0 Å². The van der Waals surface area contributed by atoms with Crippen molar-refractivity contribution in [3.8, 4) is 5.75 Å². The van der Waals surface area contributed by atoms with Crippen LogP contribution in [0.4, 0.5) is 4.39 Å². The van der Waals surface area contributed by atoms with Gasteiger partial charge < -0.3 is 10.1 Å². The van der Waals surface area contributed by atoms with E-state index in [4.69, 9.17) is 4.74 Å². The largest absolute Gasteiger partial charge is 0.494 e. The van der Waals surface area contributed by atoms with Gasteiger partial charge in [0.2, 0.25) is 0 Å². The molecule has 0 aromatic heterocycles. The minimum atomic E-state index is -3.59. The van der Waals surface area contributed by atoms with Gasteiger partial charge in [-0.3, -0.25) is 4.79 Å². The number of carbonyl (C=O) groups is 1. The molecule has 3 aromatic rings. The van der Waals surface area contributed by atoms with Crippen LogP contribution in [0.3, 0.4) is 0 Å².